The molecule has 4 rings (SSSR count). The second kappa shape index (κ2) is 28.4. The minimum atomic E-state index is -1.55. The van der Waals surface area contributed by atoms with Crippen molar-refractivity contribution in [1.29, 1.82) is 0 Å². The normalized spacial score (nSPS) is 22.1. The number of hydrogen-bond donors (Lipinski definition) is 11. The van der Waals surface area contributed by atoms with Crippen molar-refractivity contribution < 1.29 is 43.2 Å². The number of carbonyl (C=O) groups excluding carboxylic acids is 9. The quantitative estimate of drug-likeness (QED) is 0.0511. The number of nitrogens with two attached hydrogens (primary N) is 4. The average molecular weight is 971 g/mol. The minimum absolute atomic E-state index is 0.0302. The van der Waals surface area contributed by atoms with Gasteiger partial charge in [-0.05, 0) is 88.4 Å². The Hall–Kier alpha value is -7.16. The molecule has 1 saturated heterocycles. The zero-order chi connectivity index (χ0) is 51.2. The molecule has 1 aromatic heterocycles. The van der Waals surface area contributed by atoms with Gasteiger partial charge in [0.25, 0.3) is 0 Å². The molecule has 0 saturated carbocycles. The molecule has 0 radical (unpaired) electrons. The van der Waals surface area contributed by atoms with Crippen LogP contribution in [0.25, 0.3) is 10.9 Å². The number of H-pyrrole nitrogens is 1. The monoisotopic (exact) mass is 971 g/mol. The van der Waals surface area contributed by atoms with Crippen LogP contribution in [0.2, 0.25) is 0 Å². The number of primary amides is 1. The van der Waals surface area contributed by atoms with E-state index in [1.807, 2.05) is 24.3 Å². The first kappa shape index (κ1) is 55.4. The molecule has 0 bridgehead atoms. The summed E-state index contributed by atoms with van der Waals surface area (Å²) in [5.74, 6) is -7.89. The molecule has 21 heteroatoms. The van der Waals surface area contributed by atoms with Gasteiger partial charge >= 0.3 is 0 Å². The van der Waals surface area contributed by atoms with Gasteiger partial charge in [-0.15, -0.1) is 0 Å². The van der Waals surface area contributed by atoms with Crippen LogP contribution in [-0.2, 0) is 56.0 Å². The van der Waals surface area contributed by atoms with Gasteiger partial charge in [0.05, 0.1) is 12.5 Å². The van der Waals surface area contributed by atoms with Crippen molar-refractivity contribution in [3.05, 3.63) is 71.9 Å². The maximum Gasteiger partial charge on any atom is 0.243 e. The van der Waals surface area contributed by atoms with Crippen LogP contribution in [0.3, 0.4) is 0 Å². The van der Waals surface area contributed by atoms with Crippen LogP contribution in [-0.4, -0.2) is 114 Å². The lowest BCUT2D eigenvalue weighted by atomic mass is 9.83. The number of nitrogens with zero attached hydrogens (tertiary/aromatic N) is 1. The molecule has 3 aromatic rings. The predicted molar refractivity (Wildman–Crippen MR) is 263 cm³/mol. The van der Waals surface area contributed by atoms with Crippen LogP contribution in [0.5, 0.6) is 0 Å². The van der Waals surface area contributed by atoms with Gasteiger partial charge < -0.3 is 59.8 Å². The van der Waals surface area contributed by atoms with E-state index in [9.17, 15) is 43.2 Å². The number of fused-ring (bicyclic) bond motifs is 1. The molecule has 380 valence electrons. The van der Waals surface area contributed by atoms with Crippen molar-refractivity contribution >= 4 is 69.8 Å². The molecule has 7 atom stereocenters. The van der Waals surface area contributed by atoms with Crippen molar-refractivity contribution in [1.82, 2.24) is 36.9 Å². The topological polar surface area (TPSA) is 358 Å². The Morgan fingerprint density at radius 3 is 2.20 bits per heavy atom. The Morgan fingerprint density at radius 2 is 1.50 bits per heavy atom. The van der Waals surface area contributed by atoms with Gasteiger partial charge in [0.2, 0.25) is 41.4 Å². The molecule has 0 spiro atoms. The molecule has 7 amide bonds. The predicted octanol–water partition coefficient (Wildman–Crippen LogP) is -0.0742. The molecule has 15 N–H and O–H groups in total. The first-order valence-electron chi connectivity index (χ1n) is 23.9. The standard InChI is InChI=1S/C49H70N12O9/c1-29-45(67)60-39(23-31-13-4-3-5-14-31)42(64)25-32(15-8-10-20-50)41(63)26-33(24-34-28-56-36-17-7-6-16-35(34)36)46(68)59-37(44(51)66)18-9-11-21-54-43(65)27-40(48(70)57-29)61-47(69)38(58-30(2)62)19-12-22-55-49(52)53/h3-7,13-14,16-17,28-29,32-33,37-40,56H,8-12,15,18-27,50H2,1-2H3,(H2,51,66)(H,54,65)(H,57,70)(H,58,62)(H,59,68)(H,60,67)(H,61,69)(H4,52,53,55)/t29-,32+,33+,37-,38-,39+,40-/m0/s1. The van der Waals surface area contributed by atoms with Crippen molar-refractivity contribution in [2.24, 2.45) is 39.8 Å². The number of rotatable bonds is 16. The number of amides is 7. The van der Waals surface area contributed by atoms with Gasteiger partial charge in [0, 0.05) is 61.8 Å². The zero-order valence-electron chi connectivity index (χ0n) is 40.1. The van der Waals surface area contributed by atoms with E-state index < -0.39 is 95.6 Å². The van der Waals surface area contributed by atoms with E-state index in [0.717, 1.165) is 16.5 Å². The van der Waals surface area contributed by atoms with Crippen LogP contribution in [0.1, 0.15) is 95.6 Å². The van der Waals surface area contributed by atoms with Crippen molar-refractivity contribution in [2.45, 2.75) is 128 Å². The summed E-state index contributed by atoms with van der Waals surface area (Å²) in [4.78, 5) is 130. The van der Waals surface area contributed by atoms with Gasteiger partial charge in [-0.2, -0.15) is 0 Å². The number of nitrogens with one attached hydrogen (secondary N) is 7. The number of hydrogen-bond acceptors (Lipinski definition) is 11. The number of benzene rings is 2. The molecule has 0 aliphatic carbocycles. The lowest BCUT2D eigenvalue weighted by Crippen LogP contribution is -2.58. The number of unbranched alkanes of at least 4 members (excludes halogenated alkanes) is 1. The maximum atomic E-state index is 14.5. The number of aromatic amines is 1. The number of Topliss-reactive ketones (excluding diaryl/α,β-unsaturated/α-hetero) is 2. The summed E-state index contributed by atoms with van der Waals surface area (Å²) in [7, 11) is 0. The van der Waals surface area contributed by atoms with Crippen LogP contribution in [0.15, 0.2) is 65.8 Å². The number of para-hydroxylation sites is 1. The zero-order valence-corrected chi connectivity index (χ0v) is 40.1. The van der Waals surface area contributed by atoms with E-state index in [4.69, 9.17) is 22.9 Å². The Morgan fingerprint density at radius 1 is 0.786 bits per heavy atom. The molecule has 70 heavy (non-hydrogen) atoms. The second-order valence-electron chi connectivity index (χ2n) is 17.8. The van der Waals surface area contributed by atoms with Crippen LogP contribution in [0.4, 0.5) is 0 Å². The van der Waals surface area contributed by atoms with E-state index in [1.165, 1.54) is 13.8 Å². The summed E-state index contributed by atoms with van der Waals surface area (Å²) in [6, 6.07) is 10.1. The third kappa shape index (κ3) is 18.4. The molecule has 1 fully saturated rings. The summed E-state index contributed by atoms with van der Waals surface area (Å²) in [6.07, 6.45) is 3.14. The fraction of sp³-hybridized carbons (Fsp3) is 0.510. The molecule has 2 heterocycles. The lowest BCUT2D eigenvalue weighted by Gasteiger charge is -2.26. The van der Waals surface area contributed by atoms with Crippen LogP contribution in [0, 0.1) is 11.8 Å². The minimum Gasteiger partial charge on any atom is -0.370 e. The smallest absolute Gasteiger partial charge is 0.243 e. The number of aromatic nitrogens is 1. The average Bonchev–Trinajstić information content (AvgIpc) is 3.72. The molecule has 21 nitrogen and oxygen atoms in total. The van der Waals surface area contributed by atoms with E-state index in [2.05, 4.69) is 41.9 Å². The Balaban J connectivity index is 1.69. The van der Waals surface area contributed by atoms with Crippen molar-refractivity contribution in [2.75, 3.05) is 19.6 Å². The third-order valence-electron chi connectivity index (χ3n) is 12.2. The summed E-state index contributed by atoms with van der Waals surface area (Å²) >= 11 is 0. The molecular weight excluding hydrogens is 901 g/mol. The summed E-state index contributed by atoms with van der Waals surface area (Å²) in [6.45, 7) is 3.14. The van der Waals surface area contributed by atoms with Crippen LogP contribution < -0.4 is 54.8 Å². The maximum absolute atomic E-state index is 14.5. The van der Waals surface area contributed by atoms with E-state index in [1.54, 1.807) is 36.5 Å². The summed E-state index contributed by atoms with van der Waals surface area (Å²) < 4.78 is 0. The first-order valence-corrected chi connectivity index (χ1v) is 23.9. The molecule has 1 aliphatic heterocycles. The molecule has 2 aromatic carbocycles. The highest BCUT2D eigenvalue weighted by molar-refractivity contribution is 5.99. The Labute approximate surface area is 407 Å². The van der Waals surface area contributed by atoms with Gasteiger partial charge in [0.1, 0.15) is 30.0 Å². The van der Waals surface area contributed by atoms with Gasteiger partial charge in [0.15, 0.2) is 11.7 Å². The number of carbonyl (C=O) groups is 9. The first-order chi connectivity index (χ1) is 33.4. The van der Waals surface area contributed by atoms with Crippen molar-refractivity contribution in [3.63, 3.8) is 0 Å². The van der Waals surface area contributed by atoms with E-state index >= 15 is 0 Å². The number of guanidine groups is 1. The SMILES string of the molecule is CC(=O)N[C@@H](CCCN=C(N)N)C(=O)N[C@H]1CC(=O)NCCCC[C@@H](C(N)=O)NC(=O)[C@H](Cc2c[nH]c3ccccc23)CC(=O)[C@H](CCCCN)CC(=O)[C@@H](Cc2ccccc2)NC(=O)[C@H](C)NC1=O. The molecule has 0 unspecified atom stereocenters. The lowest BCUT2D eigenvalue weighted by molar-refractivity contribution is -0.136. The van der Waals surface area contributed by atoms with Gasteiger partial charge in [-0.25, -0.2) is 0 Å². The highest BCUT2D eigenvalue weighted by Crippen LogP contribution is 2.26. The summed E-state index contributed by atoms with van der Waals surface area (Å²) in [5, 5.41) is 16.7. The third-order valence-corrected chi connectivity index (χ3v) is 12.2. The fourth-order valence-electron chi connectivity index (χ4n) is 8.33. The van der Waals surface area contributed by atoms with Gasteiger partial charge in [-0.3, -0.25) is 48.1 Å². The Bertz CT molecular complexity index is 2320. The highest BCUT2D eigenvalue weighted by Gasteiger charge is 2.35. The van der Waals surface area contributed by atoms with Crippen molar-refractivity contribution in [3.8, 4) is 0 Å². The number of aliphatic imine (C=N–C) groups is 1. The van der Waals surface area contributed by atoms with E-state index in [-0.39, 0.29) is 76.2 Å². The summed E-state index contributed by atoms with van der Waals surface area (Å²) in [5.41, 5.74) is 24.8. The number of ketones is 2. The van der Waals surface area contributed by atoms with Gasteiger partial charge in [-0.1, -0.05) is 55.0 Å². The highest BCUT2D eigenvalue weighted by atomic mass is 16.2. The molecular formula is C49H70N12O9. The van der Waals surface area contributed by atoms with Crippen LogP contribution >= 0.6 is 0 Å². The largest absolute Gasteiger partial charge is 0.370 e. The van der Waals surface area contributed by atoms with E-state index in [0.29, 0.717) is 37.8 Å². The Kier molecular flexibility index (Phi) is 22.5. The molecule has 1 aliphatic rings. The second-order valence-corrected chi connectivity index (χ2v) is 17.8. The fourth-order valence-corrected chi connectivity index (χ4v) is 8.33.